The van der Waals surface area contributed by atoms with Crippen LogP contribution >= 0.6 is 11.8 Å². The summed E-state index contributed by atoms with van der Waals surface area (Å²) in [5, 5.41) is 0. The van der Waals surface area contributed by atoms with E-state index in [4.69, 9.17) is 9.15 Å². The molecule has 0 bridgehead atoms. The number of hydrogen-bond donors (Lipinski definition) is 0. The van der Waals surface area contributed by atoms with E-state index in [2.05, 4.69) is 6.92 Å². The quantitative estimate of drug-likeness (QED) is 0.394. The third-order valence-electron chi connectivity index (χ3n) is 4.51. The molecule has 5 nitrogen and oxygen atoms in total. The normalized spacial score (nSPS) is 14.3. The van der Waals surface area contributed by atoms with Gasteiger partial charge in [-0.25, -0.2) is 4.39 Å². The van der Waals surface area contributed by atoms with Gasteiger partial charge in [0.15, 0.2) is 0 Å². The van der Waals surface area contributed by atoms with Gasteiger partial charge in [0.25, 0.3) is 11.8 Å². The summed E-state index contributed by atoms with van der Waals surface area (Å²) < 4.78 is 24.2. The highest BCUT2D eigenvalue weighted by molar-refractivity contribution is 8.03. The number of benzene rings is 1. The number of hydrogen-bond acceptors (Lipinski definition) is 5. The monoisotopic (exact) mass is 417 g/mol. The van der Waals surface area contributed by atoms with Gasteiger partial charge in [0.2, 0.25) is 0 Å². The maximum atomic E-state index is 13.3. The number of carbonyl (C=O) groups excluding carboxylic acids is 2. The van der Waals surface area contributed by atoms with E-state index in [1.54, 1.807) is 12.3 Å². The van der Waals surface area contributed by atoms with Crippen molar-refractivity contribution < 1.29 is 23.1 Å². The number of ether oxygens (including phenoxy) is 1. The number of halogens is 1. The van der Waals surface area contributed by atoms with Crippen molar-refractivity contribution in [2.24, 2.45) is 0 Å². The molecule has 1 aliphatic rings. The van der Waals surface area contributed by atoms with Gasteiger partial charge >= 0.3 is 0 Å². The predicted octanol–water partition coefficient (Wildman–Crippen LogP) is 4.64. The van der Waals surface area contributed by atoms with Crippen molar-refractivity contribution in [3.8, 4) is 0 Å². The molecular formula is C22H24FNO4S. The molecule has 0 spiro atoms. The van der Waals surface area contributed by atoms with Crippen molar-refractivity contribution in [3.05, 3.63) is 64.7 Å². The number of amides is 2. The summed E-state index contributed by atoms with van der Waals surface area (Å²) in [7, 11) is 0. The number of carbonyl (C=O) groups is 2. The Morgan fingerprint density at radius 3 is 2.52 bits per heavy atom. The van der Waals surface area contributed by atoms with Gasteiger partial charge in [0.05, 0.1) is 22.5 Å². The molecule has 2 amide bonds. The molecule has 0 saturated heterocycles. The van der Waals surface area contributed by atoms with E-state index in [0.717, 1.165) is 12.8 Å². The first-order valence-electron chi connectivity index (χ1n) is 9.71. The molecule has 0 aliphatic carbocycles. The largest absolute Gasteiger partial charge is 0.468 e. The molecule has 154 valence electrons. The predicted molar refractivity (Wildman–Crippen MR) is 110 cm³/mol. The summed E-state index contributed by atoms with van der Waals surface area (Å²) in [6.07, 6.45) is 4.20. The molecule has 3 rings (SSSR count). The van der Waals surface area contributed by atoms with Crippen LogP contribution in [-0.2, 0) is 20.1 Å². The maximum absolute atomic E-state index is 13.3. The van der Waals surface area contributed by atoms with Gasteiger partial charge in [-0.2, -0.15) is 0 Å². The third kappa shape index (κ3) is 5.36. The Morgan fingerprint density at radius 1 is 1.07 bits per heavy atom. The molecule has 0 saturated carbocycles. The second kappa shape index (κ2) is 10.4. The number of furan rings is 1. The average Bonchev–Trinajstić information content (AvgIpc) is 3.31. The zero-order valence-electron chi connectivity index (χ0n) is 16.4. The second-order valence-corrected chi connectivity index (χ2v) is 7.65. The third-order valence-corrected chi connectivity index (χ3v) is 5.61. The summed E-state index contributed by atoms with van der Waals surface area (Å²) >= 11 is 1.26. The summed E-state index contributed by atoms with van der Waals surface area (Å²) in [6, 6.07) is 9.23. The molecule has 0 atom stereocenters. The molecule has 0 unspecified atom stereocenters. The standard InChI is InChI=1S/C22H24FNO4S/c1-2-3-12-27-13-5-11-24-21(25)19(16-7-9-17(23)10-8-16)20(22(24)26)29-15-18-6-4-14-28-18/h4,6-10,14H,2-3,5,11-13,15H2,1H3. The van der Waals surface area contributed by atoms with Gasteiger partial charge in [-0.05, 0) is 42.7 Å². The van der Waals surface area contributed by atoms with E-state index >= 15 is 0 Å². The van der Waals surface area contributed by atoms with E-state index < -0.39 is 5.82 Å². The lowest BCUT2D eigenvalue weighted by Crippen LogP contribution is -2.33. The summed E-state index contributed by atoms with van der Waals surface area (Å²) in [5.74, 6) is 0.0811. The Hall–Kier alpha value is -2.38. The van der Waals surface area contributed by atoms with E-state index in [1.165, 1.54) is 40.9 Å². The van der Waals surface area contributed by atoms with Crippen LogP contribution in [0.25, 0.3) is 5.57 Å². The fourth-order valence-electron chi connectivity index (χ4n) is 2.97. The van der Waals surface area contributed by atoms with Crippen LogP contribution in [0.5, 0.6) is 0 Å². The van der Waals surface area contributed by atoms with Gasteiger partial charge in [0, 0.05) is 19.8 Å². The Labute approximate surface area is 173 Å². The zero-order chi connectivity index (χ0) is 20.6. The fourth-order valence-corrected chi connectivity index (χ4v) is 4.01. The highest BCUT2D eigenvalue weighted by atomic mass is 32.2. The van der Waals surface area contributed by atoms with E-state index in [9.17, 15) is 14.0 Å². The van der Waals surface area contributed by atoms with Crippen LogP contribution in [0, 0.1) is 5.82 Å². The maximum Gasteiger partial charge on any atom is 0.267 e. The molecule has 0 N–H and O–H groups in total. The van der Waals surface area contributed by atoms with Crippen LogP contribution < -0.4 is 0 Å². The molecule has 1 aromatic carbocycles. The number of thioether (sulfide) groups is 1. The Balaban J connectivity index is 1.74. The van der Waals surface area contributed by atoms with Crippen LogP contribution in [0.2, 0.25) is 0 Å². The Kier molecular flexibility index (Phi) is 7.66. The van der Waals surface area contributed by atoms with Gasteiger partial charge in [-0.15, -0.1) is 11.8 Å². The summed E-state index contributed by atoms with van der Waals surface area (Å²) in [6.45, 7) is 3.56. The summed E-state index contributed by atoms with van der Waals surface area (Å²) in [4.78, 5) is 27.6. The van der Waals surface area contributed by atoms with Crippen molar-refractivity contribution in [2.45, 2.75) is 31.9 Å². The molecule has 1 aliphatic heterocycles. The van der Waals surface area contributed by atoms with Gasteiger partial charge in [0.1, 0.15) is 11.6 Å². The lowest BCUT2D eigenvalue weighted by molar-refractivity contribution is -0.136. The van der Waals surface area contributed by atoms with Gasteiger partial charge < -0.3 is 9.15 Å². The number of unbranched alkanes of at least 4 members (excludes halogenated alkanes) is 1. The Bertz CT molecular complexity index is 861. The van der Waals surface area contributed by atoms with Crippen molar-refractivity contribution in [3.63, 3.8) is 0 Å². The van der Waals surface area contributed by atoms with Crippen LogP contribution in [-0.4, -0.2) is 36.5 Å². The Morgan fingerprint density at radius 2 is 1.83 bits per heavy atom. The number of imide groups is 1. The van der Waals surface area contributed by atoms with Gasteiger partial charge in [-0.3, -0.25) is 14.5 Å². The average molecular weight is 418 g/mol. The van der Waals surface area contributed by atoms with Crippen LogP contribution in [0.4, 0.5) is 4.39 Å². The van der Waals surface area contributed by atoms with Gasteiger partial charge in [-0.1, -0.05) is 25.5 Å². The number of nitrogens with zero attached hydrogens (tertiary/aromatic N) is 1. The smallest absolute Gasteiger partial charge is 0.267 e. The zero-order valence-corrected chi connectivity index (χ0v) is 17.2. The highest BCUT2D eigenvalue weighted by Crippen LogP contribution is 2.37. The molecule has 2 aromatic rings. The van der Waals surface area contributed by atoms with Crippen molar-refractivity contribution in [1.82, 2.24) is 4.90 Å². The molecule has 0 fully saturated rings. The lowest BCUT2D eigenvalue weighted by atomic mass is 10.1. The molecule has 7 heteroatoms. The molecule has 0 radical (unpaired) electrons. The molecule has 1 aromatic heterocycles. The molecular weight excluding hydrogens is 393 g/mol. The SMILES string of the molecule is CCCCOCCCN1C(=O)C(SCc2ccco2)=C(c2ccc(F)cc2)C1=O. The highest BCUT2D eigenvalue weighted by Gasteiger charge is 2.38. The van der Waals surface area contributed by atoms with Crippen LogP contribution in [0.1, 0.15) is 37.5 Å². The van der Waals surface area contributed by atoms with E-state index in [0.29, 0.717) is 53.7 Å². The molecule has 2 heterocycles. The summed E-state index contributed by atoms with van der Waals surface area (Å²) in [5.41, 5.74) is 0.854. The minimum atomic E-state index is -0.392. The first-order chi connectivity index (χ1) is 14.1. The number of rotatable bonds is 11. The first kappa shape index (κ1) is 21.3. The van der Waals surface area contributed by atoms with E-state index in [-0.39, 0.29) is 11.8 Å². The first-order valence-corrected chi connectivity index (χ1v) is 10.7. The van der Waals surface area contributed by atoms with E-state index in [1.807, 2.05) is 6.07 Å². The minimum absolute atomic E-state index is 0.291. The second-order valence-electron chi connectivity index (χ2n) is 6.66. The lowest BCUT2D eigenvalue weighted by Gasteiger charge is -2.15. The van der Waals surface area contributed by atoms with Crippen molar-refractivity contribution >= 4 is 29.1 Å². The topological polar surface area (TPSA) is 59.8 Å². The fraction of sp³-hybridized carbons (Fsp3) is 0.364. The molecule has 29 heavy (non-hydrogen) atoms. The van der Waals surface area contributed by atoms with Crippen LogP contribution in [0.3, 0.4) is 0 Å². The van der Waals surface area contributed by atoms with Crippen molar-refractivity contribution in [1.29, 1.82) is 0 Å². The minimum Gasteiger partial charge on any atom is -0.468 e. The van der Waals surface area contributed by atoms with Crippen LogP contribution in [0.15, 0.2) is 52.0 Å². The van der Waals surface area contributed by atoms with Crippen molar-refractivity contribution in [2.75, 3.05) is 19.8 Å².